The Morgan fingerprint density at radius 3 is 2.74 bits per heavy atom. The first-order chi connectivity index (χ1) is 13.0. The van der Waals surface area contributed by atoms with Gasteiger partial charge in [-0.2, -0.15) is 0 Å². The molecule has 138 valence electrons. The van der Waals surface area contributed by atoms with Crippen molar-refractivity contribution in [2.75, 3.05) is 5.32 Å². The third-order valence-electron chi connectivity index (χ3n) is 5.12. The lowest BCUT2D eigenvalue weighted by molar-refractivity contribution is -0.385. The van der Waals surface area contributed by atoms with Crippen molar-refractivity contribution < 1.29 is 4.92 Å². The third kappa shape index (κ3) is 3.16. The van der Waals surface area contributed by atoms with E-state index in [0.29, 0.717) is 5.65 Å². The maximum atomic E-state index is 12.5. The molecule has 1 unspecified atom stereocenters. The number of aryl methyl sites for hydroxylation is 2. The zero-order valence-corrected chi connectivity index (χ0v) is 15.0. The zero-order chi connectivity index (χ0) is 19.0. The van der Waals surface area contributed by atoms with Crippen molar-refractivity contribution in [2.45, 2.75) is 38.6 Å². The molecular formula is C20H20N4O3. The lowest BCUT2D eigenvalue weighted by Crippen LogP contribution is -2.22. The number of rotatable bonds is 4. The summed E-state index contributed by atoms with van der Waals surface area (Å²) in [5, 5.41) is 14.6. The number of nitro groups is 1. The molecular weight excluding hydrogens is 344 g/mol. The summed E-state index contributed by atoms with van der Waals surface area (Å²) in [6.07, 6.45) is 6.05. The smallest absolute Gasteiger partial charge is 0.358 e. The molecule has 0 radical (unpaired) electrons. The Labute approximate surface area is 155 Å². The van der Waals surface area contributed by atoms with Gasteiger partial charge in [0.05, 0.1) is 11.0 Å². The second-order valence-electron chi connectivity index (χ2n) is 6.90. The van der Waals surface area contributed by atoms with Crippen LogP contribution in [0.2, 0.25) is 0 Å². The molecule has 2 aromatic heterocycles. The van der Waals surface area contributed by atoms with E-state index in [1.165, 1.54) is 34.6 Å². The summed E-state index contributed by atoms with van der Waals surface area (Å²) in [6.45, 7) is 1.92. The fraction of sp³-hybridized carbons (Fsp3) is 0.300. The number of hydrogen-bond acceptors (Lipinski definition) is 5. The monoisotopic (exact) mass is 364 g/mol. The van der Waals surface area contributed by atoms with E-state index in [9.17, 15) is 14.9 Å². The van der Waals surface area contributed by atoms with Gasteiger partial charge in [0.1, 0.15) is 5.65 Å². The molecule has 0 amide bonds. The zero-order valence-electron chi connectivity index (χ0n) is 15.0. The van der Waals surface area contributed by atoms with E-state index in [4.69, 9.17) is 0 Å². The number of nitrogens with one attached hydrogen (secondary N) is 1. The predicted octanol–water partition coefficient (Wildman–Crippen LogP) is 3.65. The lowest BCUT2D eigenvalue weighted by atomic mass is 9.89. The molecule has 7 heteroatoms. The van der Waals surface area contributed by atoms with E-state index in [2.05, 4.69) is 22.4 Å². The highest BCUT2D eigenvalue weighted by Crippen LogP contribution is 2.28. The molecule has 0 fully saturated rings. The maximum Gasteiger partial charge on any atom is 0.376 e. The number of benzene rings is 1. The van der Waals surface area contributed by atoms with Crippen LogP contribution >= 0.6 is 0 Å². The van der Waals surface area contributed by atoms with E-state index >= 15 is 0 Å². The Kier molecular flexibility index (Phi) is 4.35. The molecule has 1 N–H and O–H groups in total. The molecule has 1 aromatic carbocycles. The van der Waals surface area contributed by atoms with Gasteiger partial charge in [0, 0.05) is 6.20 Å². The van der Waals surface area contributed by atoms with Crippen LogP contribution in [0.3, 0.4) is 0 Å². The number of anilines is 1. The first-order valence-electron chi connectivity index (χ1n) is 9.08. The van der Waals surface area contributed by atoms with Crippen LogP contribution in [0.25, 0.3) is 5.65 Å². The second kappa shape index (κ2) is 6.83. The van der Waals surface area contributed by atoms with Crippen LogP contribution in [0, 0.1) is 10.1 Å². The minimum atomic E-state index is -0.689. The van der Waals surface area contributed by atoms with Gasteiger partial charge in [0.15, 0.2) is 0 Å². The highest BCUT2D eigenvalue weighted by molar-refractivity contribution is 5.60. The van der Waals surface area contributed by atoms with Gasteiger partial charge in [-0.3, -0.25) is 19.3 Å². The SMILES string of the molecule is CC(Nc1nc2ccccn2c(=O)c1[N+](=O)[O-])c1ccc2c(c1)CCCC2. The molecule has 0 saturated heterocycles. The topological polar surface area (TPSA) is 89.5 Å². The van der Waals surface area contributed by atoms with Crippen LogP contribution in [-0.2, 0) is 12.8 Å². The van der Waals surface area contributed by atoms with E-state index in [1.807, 2.05) is 13.0 Å². The normalized spacial score (nSPS) is 14.6. The van der Waals surface area contributed by atoms with Crippen LogP contribution in [0.15, 0.2) is 47.4 Å². The van der Waals surface area contributed by atoms with Crippen molar-refractivity contribution in [1.29, 1.82) is 0 Å². The van der Waals surface area contributed by atoms with E-state index in [1.54, 1.807) is 18.2 Å². The largest absolute Gasteiger partial charge is 0.376 e. The molecule has 0 bridgehead atoms. The number of fused-ring (bicyclic) bond motifs is 2. The lowest BCUT2D eigenvalue weighted by Gasteiger charge is -2.20. The summed E-state index contributed by atoms with van der Waals surface area (Å²) >= 11 is 0. The van der Waals surface area contributed by atoms with Gasteiger partial charge in [0.25, 0.3) is 0 Å². The average Bonchev–Trinajstić information content (AvgIpc) is 2.67. The summed E-state index contributed by atoms with van der Waals surface area (Å²) in [7, 11) is 0. The molecule has 7 nitrogen and oxygen atoms in total. The Bertz CT molecular complexity index is 1090. The molecule has 0 saturated carbocycles. The van der Waals surface area contributed by atoms with Crippen molar-refractivity contribution in [3.63, 3.8) is 0 Å². The van der Waals surface area contributed by atoms with Gasteiger partial charge in [-0.15, -0.1) is 0 Å². The molecule has 4 rings (SSSR count). The van der Waals surface area contributed by atoms with Crippen molar-refractivity contribution in [1.82, 2.24) is 9.38 Å². The molecule has 0 spiro atoms. The number of pyridine rings is 1. The first-order valence-corrected chi connectivity index (χ1v) is 9.08. The highest BCUT2D eigenvalue weighted by Gasteiger charge is 2.25. The van der Waals surface area contributed by atoms with Crippen molar-refractivity contribution >= 4 is 17.2 Å². The maximum absolute atomic E-state index is 12.5. The minimum Gasteiger partial charge on any atom is -0.358 e. The summed E-state index contributed by atoms with van der Waals surface area (Å²) in [5.41, 5.74) is 2.89. The molecule has 1 aliphatic carbocycles. The standard InChI is InChI=1S/C20H20N4O3/c1-13(15-10-9-14-6-2-3-7-16(14)12-15)21-19-18(24(26)27)20(25)23-11-5-4-8-17(23)22-19/h4-5,8-13,21H,2-3,6-7H2,1H3. The molecule has 3 aromatic rings. The van der Waals surface area contributed by atoms with Crippen LogP contribution in [0.4, 0.5) is 11.5 Å². The van der Waals surface area contributed by atoms with Gasteiger partial charge < -0.3 is 5.32 Å². The van der Waals surface area contributed by atoms with Gasteiger partial charge in [-0.1, -0.05) is 24.3 Å². The quantitative estimate of drug-likeness (QED) is 0.564. The Morgan fingerprint density at radius 2 is 1.96 bits per heavy atom. The van der Waals surface area contributed by atoms with Crippen molar-refractivity contribution in [3.05, 3.63) is 79.8 Å². The predicted molar refractivity (Wildman–Crippen MR) is 103 cm³/mol. The summed E-state index contributed by atoms with van der Waals surface area (Å²) in [6, 6.07) is 11.2. The Balaban J connectivity index is 1.73. The van der Waals surface area contributed by atoms with Crippen LogP contribution in [-0.4, -0.2) is 14.3 Å². The Morgan fingerprint density at radius 1 is 1.19 bits per heavy atom. The van der Waals surface area contributed by atoms with Crippen molar-refractivity contribution in [2.24, 2.45) is 0 Å². The number of nitrogens with zero attached hydrogens (tertiary/aromatic N) is 3. The molecule has 1 aliphatic rings. The molecule has 27 heavy (non-hydrogen) atoms. The van der Waals surface area contributed by atoms with Gasteiger partial charge in [-0.05, 0) is 61.4 Å². The summed E-state index contributed by atoms with van der Waals surface area (Å²) in [5.74, 6) is 0.00132. The molecule has 0 aliphatic heterocycles. The second-order valence-corrected chi connectivity index (χ2v) is 6.90. The van der Waals surface area contributed by atoms with Gasteiger partial charge >= 0.3 is 11.2 Å². The van der Waals surface area contributed by atoms with Crippen LogP contribution < -0.4 is 10.9 Å². The average molecular weight is 364 g/mol. The molecule has 1 atom stereocenters. The van der Waals surface area contributed by atoms with Crippen LogP contribution in [0.1, 0.15) is 42.5 Å². The van der Waals surface area contributed by atoms with E-state index < -0.39 is 16.2 Å². The van der Waals surface area contributed by atoms with Crippen molar-refractivity contribution in [3.8, 4) is 0 Å². The summed E-state index contributed by atoms with van der Waals surface area (Å²) < 4.78 is 1.19. The fourth-order valence-electron chi connectivity index (χ4n) is 3.66. The number of aromatic nitrogens is 2. The fourth-order valence-corrected chi connectivity index (χ4v) is 3.66. The van der Waals surface area contributed by atoms with Gasteiger partial charge in [-0.25, -0.2) is 4.98 Å². The van der Waals surface area contributed by atoms with Crippen LogP contribution in [0.5, 0.6) is 0 Å². The Hall–Kier alpha value is -3.22. The third-order valence-corrected chi connectivity index (χ3v) is 5.12. The number of hydrogen-bond donors (Lipinski definition) is 1. The highest BCUT2D eigenvalue weighted by atomic mass is 16.6. The minimum absolute atomic E-state index is 0.00132. The summed E-state index contributed by atoms with van der Waals surface area (Å²) in [4.78, 5) is 27.7. The van der Waals surface area contributed by atoms with E-state index in [0.717, 1.165) is 18.4 Å². The molecule has 2 heterocycles. The van der Waals surface area contributed by atoms with Gasteiger partial charge in [0.2, 0.25) is 5.82 Å². The van der Waals surface area contributed by atoms with E-state index in [-0.39, 0.29) is 11.9 Å². The first kappa shape index (κ1) is 17.2.